The predicted octanol–water partition coefficient (Wildman–Crippen LogP) is 1.54. The number of carbonyl (C=O) groups excluding carboxylic acids is 1. The van der Waals surface area contributed by atoms with Gasteiger partial charge in [0, 0.05) is 13.1 Å². The van der Waals surface area contributed by atoms with E-state index in [-0.39, 0.29) is 18.0 Å². The first-order chi connectivity index (χ1) is 7.84. The minimum Gasteiger partial charge on any atom is -0.480 e. The van der Waals surface area contributed by atoms with Gasteiger partial charge >= 0.3 is 12.0 Å². The number of carboxylic acid groups (broad SMARTS) is 1. The normalized spacial score (nSPS) is 18.6. The van der Waals surface area contributed by atoms with E-state index in [1.54, 1.807) is 11.9 Å². The molecule has 0 bridgehead atoms. The quantitative estimate of drug-likeness (QED) is 0.768. The summed E-state index contributed by atoms with van der Waals surface area (Å²) >= 11 is 0. The van der Waals surface area contributed by atoms with Crippen LogP contribution in [-0.2, 0) is 4.79 Å². The Kier molecular flexibility index (Phi) is 4.37. The molecule has 0 radical (unpaired) electrons. The van der Waals surface area contributed by atoms with Crippen LogP contribution in [0.1, 0.15) is 33.6 Å². The number of hydrogen-bond donors (Lipinski definition) is 2. The number of nitrogens with one attached hydrogen (secondary N) is 1. The summed E-state index contributed by atoms with van der Waals surface area (Å²) in [7, 11) is 1.70. The Morgan fingerprint density at radius 3 is 2.18 bits per heavy atom. The third-order valence-corrected chi connectivity index (χ3v) is 3.53. The fourth-order valence-corrected chi connectivity index (χ4v) is 1.68. The van der Waals surface area contributed by atoms with Crippen molar-refractivity contribution in [3.63, 3.8) is 0 Å². The second-order valence-corrected chi connectivity index (χ2v) is 5.20. The van der Waals surface area contributed by atoms with Gasteiger partial charge in [0.15, 0.2) is 0 Å². The summed E-state index contributed by atoms with van der Waals surface area (Å²) in [6.45, 7) is 6.02. The van der Waals surface area contributed by atoms with Gasteiger partial charge in [-0.25, -0.2) is 9.59 Å². The van der Waals surface area contributed by atoms with Crippen LogP contribution in [0.4, 0.5) is 4.79 Å². The average molecular weight is 242 g/mol. The second-order valence-electron chi connectivity index (χ2n) is 5.20. The zero-order chi connectivity index (χ0) is 13.2. The molecule has 2 atom stereocenters. The van der Waals surface area contributed by atoms with Crippen LogP contribution in [-0.4, -0.2) is 41.1 Å². The highest BCUT2D eigenvalue weighted by Crippen LogP contribution is 2.32. The van der Waals surface area contributed by atoms with Crippen molar-refractivity contribution >= 4 is 12.0 Å². The molecule has 5 nitrogen and oxygen atoms in total. The number of rotatable bonds is 5. The lowest BCUT2D eigenvalue weighted by atomic mass is 10.1. The molecule has 0 aromatic rings. The molecule has 0 aromatic heterocycles. The van der Waals surface area contributed by atoms with Crippen molar-refractivity contribution in [2.75, 3.05) is 7.05 Å². The van der Waals surface area contributed by atoms with E-state index in [0.717, 1.165) is 12.8 Å². The highest BCUT2D eigenvalue weighted by Gasteiger charge is 2.38. The SMILES string of the molecule is CC(C)C(C)N(C)C(=O)NC(C(=O)O)C1CC1. The van der Waals surface area contributed by atoms with E-state index in [1.807, 2.05) is 20.8 Å². The van der Waals surface area contributed by atoms with Crippen LogP contribution in [0, 0.1) is 11.8 Å². The zero-order valence-electron chi connectivity index (χ0n) is 10.9. The molecule has 0 spiro atoms. The third-order valence-electron chi connectivity index (χ3n) is 3.53. The van der Waals surface area contributed by atoms with E-state index in [2.05, 4.69) is 5.32 Å². The van der Waals surface area contributed by atoms with E-state index in [0.29, 0.717) is 5.92 Å². The molecule has 2 unspecified atom stereocenters. The summed E-state index contributed by atoms with van der Waals surface area (Å²) < 4.78 is 0. The lowest BCUT2D eigenvalue weighted by Gasteiger charge is -2.29. The molecule has 1 rings (SSSR count). The fourth-order valence-electron chi connectivity index (χ4n) is 1.68. The standard InChI is InChI=1S/C12H22N2O3/c1-7(2)8(3)14(4)12(17)13-10(11(15)16)9-5-6-9/h7-10H,5-6H2,1-4H3,(H,13,17)(H,15,16). The number of nitrogens with zero attached hydrogens (tertiary/aromatic N) is 1. The van der Waals surface area contributed by atoms with E-state index in [4.69, 9.17) is 5.11 Å². The molecular weight excluding hydrogens is 220 g/mol. The van der Waals surface area contributed by atoms with E-state index in [9.17, 15) is 9.59 Å². The maximum atomic E-state index is 11.9. The Morgan fingerprint density at radius 2 is 1.82 bits per heavy atom. The van der Waals surface area contributed by atoms with Crippen molar-refractivity contribution in [2.45, 2.75) is 45.7 Å². The van der Waals surface area contributed by atoms with Gasteiger partial charge in [-0.15, -0.1) is 0 Å². The molecule has 2 amide bonds. The monoisotopic (exact) mass is 242 g/mol. The molecule has 2 N–H and O–H groups in total. The lowest BCUT2D eigenvalue weighted by molar-refractivity contribution is -0.139. The minimum absolute atomic E-state index is 0.0867. The summed E-state index contributed by atoms with van der Waals surface area (Å²) in [5, 5.41) is 11.6. The first kappa shape index (κ1) is 13.8. The van der Waals surface area contributed by atoms with E-state index < -0.39 is 12.0 Å². The van der Waals surface area contributed by atoms with Crippen molar-refractivity contribution in [1.29, 1.82) is 0 Å². The minimum atomic E-state index is -0.938. The van der Waals surface area contributed by atoms with E-state index >= 15 is 0 Å². The molecule has 1 aliphatic rings. The Morgan fingerprint density at radius 1 is 1.29 bits per heavy atom. The van der Waals surface area contributed by atoms with Gasteiger partial charge < -0.3 is 15.3 Å². The van der Waals surface area contributed by atoms with Crippen molar-refractivity contribution in [2.24, 2.45) is 11.8 Å². The molecule has 0 saturated heterocycles. The molecule has 1 fully saturated rings. The number of aliphatic carboxylic acids is 1. The molecule has 1 saturated carbocycles. The Hall–Kier alpha value is -1.26. The molecule has 98 valence electrons. The first-order valence-corrected chi connectivity index (χ1v) is 6.10. The van der Waals surface area contributed by atoms with Gasteiger partial charge in [0.05, 0.1) is 0 Å². The average Bonchev–Trinajstić information content (AvgIpc) is 3.06. The lowest BCUT2D eigenvalue weighted by Crippen LogP contribution is -2.51. The van der Waals surface area contributed by atoms with Crippen molar-refractivity contribution < 1.29 is 14.7 Å². The molecule has 5 heteroatoms. The van der Waals surface area contributed by atoms with Crippen molar-refractivity contribution in [1.82, 2.24) is 10.2 Å². The molecule has 1 aliphatic carbocycles. The largest absolute Gasteiger partial charge is 0.480 e. The molecule has 0 aliphatic heterocycles. The Balaban J connectivity index is 2.54. The highest BCUT2D eigenvalue weighted by atomic mass is 16.4. The topological polar surface area (TPSA) is 69.6 Å². The molecule has 0 aromatic carbocycles. The smallest absolute Gasteiger partial charge is 0.326 e. The van der Waals surface area contributed by atoms with Crippen LogP contribution in [0.3, 0.4) is 0 Å². The van der Waals surface area contributed by atoms with Crippen LogP contribution < -0.4 is 5.32 Å². The van der Waals surface area contributed by atoms with Gasteiger partial charge in [-0.3, -0.25) is 0 Å². The highest BCUT2D eigenvalue weighted by molar-refractivity contribution is 5.83. The zero-order valence-corrected chi connectivity index (χ0v) is 10.9. The fraction of sp³-hybridized carbons (Fsp3) is 0.833. The van der Waals surface area contributed by atoms with Crippen molar-refractivity contribution in [3.05, 3.63) is 0 Å². The number of carboxylic acids is 1. The van der Waals surface area contributed by atoms with Crippen LogP contribution >= 0.6 is 0 Å². The Labute approximate surface area is 102 Å². The van der Waals surface area contributed by atoms with Gasteiger partial charge in [-0.05, 0) is 31.6 Å². The number of hydrogen-bond acceptors (Lipinski definition) is 2. The maximum Gasteiger partial charge on any atom is 0.326 e. The van der Waals surface area contributed by atoms with Gasteiger partial charge in [-0.2, -0.15) is 0 Å². The van der Waals surface area contributed by atoms with Crippen LogP contribution in [0.25, 0.3) is 0 Å². The van der Waals surface area contributed by atoms with Crippen LogP contribution in [0.15, 0.2) is 0 Å². The molecule has 17 heavy (non-hydrogen) atoms. The van der Waals surface area contributed by atoms with Gasteiger partial charge in [0.25, 0.3) is 0 Å². The second kappa shape index (κ2) is 5.38. The first-order valence-electron chi connectivity index (χ1n) is 6.10. The number of urea groups is 1. The van der Waals surface area contributed by atoms with Crippen molar-refractivity contribution in [3.8, 4) is 0 Å². The van der Waals surface area contributed by atoms with Crippen LogP contribution in [0.5, 0.6) is 0 Å². The molecular formula is C12H22N2O3. The number of amides is 2. The van der Waals surface area contributed by atoms with Gasteiger partial charge in [0.2, 0.25) is 0 Å². The van der Waals surface area contributed by atoms with Crippen LogP contribution in [0.2, 0.25) is 0 Å². The van der Waals surface area contributed by atoms with Gasteiger partial charge in [0.1, 0.15) is 6.04 Å². The maximum absolute atomic E-state index is 11.9. The summed E-state index contributed by atoms with van der Waals surface area (Å²) in [5.41, 5.74) is 0. The third kappa shape index (κ3) is 3.61. The van der Waals surface area contributed by atoms with E-state index in [1.165, 1.54) is 0 Å². The summed E-state index contributed by atoms with van der Waals surface area (Å²) in [6, 6.07) is -0.946. The summed E-state index contributed by atoms with van der Waals surface area (Å²) in [5.74, 6) is -0.486. The summed E-state index contributed by atoms with van der Waals surface area (Å²) in [6.07, 6.45) is 1.78. The van der Waals surface area contributed by atoms with Gasteiger partial charge in [-0.1, -0.05) is 13.8 Å². The Bertz CT molecular complexity index is 300. The summed E-state index contributed by atoms with van der Waals surface area (Å²) in [4.78, 5) is 24.5. The predicted molar refractivity (Wildman–Crippen MR) is 64.7 cm³/mol. The number of carbonyl (C=O) groups is 2. The molecule has 0 heterocycles.